The number of benzene rings is 1. The number of rotatable bonds is 3. The topological polar surface area (TPSA) is 63.3 Å². The molecular formula is C11H15NO2. The van der Waals surface area contributed by atoms with Gasteiger partial charge >= 0.3 is 0 Å². The SMILES string of the molecule is CC(C)c1ccc(O)c(CC(N)=O)c1. The third-order valence-electron chi connectivity index (χ3n) is 2.13. The van der Waals surface area contributed by atoms with E-state index in [2.05, 4.69) is 13.8 Å². The highest BCUT2D eigenvalue weighted by Gasteiger charge is 2.07. The van der Waals surface area contributed by atoms with Crippen molar-refractivity contribution >= 4 is 5.91 Å². The fraction of sp³-hybridized carbons (Fsp3) is 0.364. The summed E-state index contributed by atoms with van der Waals surface area (Å²) in [6, 6.07) is 5.28. The van der Waals surface area contributed by atoms with Gasteiger partial charge in [0.2, 0.25) is 5.91 Å². The van der Waals surface area contributed by atoms with E-state index in [9.17, 15) is 9.90 Å². The maximum Gasteiger partial charge on any atom is 0.221 e. The minimum atomic E-state index is -0.429. The fourth-order valence-electron chi connectivity index (χ4n) is 1.29. The summed E-state index contributed by atoms with van der Waals surface area (Å²) in [5, 5.41) is 9.46. The summed E-state index contributed by atoms with van der Waals surface area (Å²) in [7, 11) is 0. The molecule has 0 aromatic heterocycles. The van der Waals surface area contributed by atoms with Crippen LogP contribution in [0.3, 0.4) is 0 Å². The molecule has 0 aliphatic heterocycles. The maximum absolute atomic E-state index is 10.7. The number of primary amides is 1. The van der Waals surface area contributed by atoms with Crippen molar-refractivity contribution in [3.63, 3.8) is 0 Å². The monoisotopic (exact) mass is 193 g/mol. The third kappa shape index (κ3) is 2.49. The Morgan fingerprint density at radius 2 is 2.14 bits per heavy atom. The van der Waals surface area contributed by atoms with Gasteiger partial charge < -0.3 is 10.8 Å². The molecule has 0 spiro atoms. The number of amides is 1. The minimum absolute atomic E-state index is 0.0897. The van der Waals surface area contributed by atoms with Gasteiger partial charge in [-0.3, -0.25) is 4.79 Å². The number of phenolic OH excluding ortho intramolecular Hbond substituents is 1. The Hall–Kier alpha value is -1.51. The molecule has 0 aliphatic carbocycles. The van der Waals surface area contributed by atoms with E-state index in [-0.39, 0.29) is 12.2 Å². The van der Waals surface area contributed by atoms with E-state index in [0.717, 1.165) is 5.56 Å². The Morgan fingerprint density at radius 1 is 1.50 bits per heavy atom. The van der Waals surface area contributed by atoms with Crippen molar-refractivity contribution in [2.24, 2.45) is 5.73 Å². The lowest BCUT2D eigenvalue weighted by Crippen LogP contribution is -2.13. The van der Waals surface area contributed by atoms with Gasteiger partial charge in [-0.15, -0.1) is 0 Å². The molecule has 0 fully saturated rings. The number of hydrogen-bond acceptors (Lipinski definition) is 2. The van der Waals surface area contributed by atoms with Gasteiger partial charge in [0.15, 0.2) is 0 Å². The van der Waals surface area contributed by atoms with Gasteiger partial charge in [-0.05, 0) is 17.5 Å². The lowest BCUT2D eigenvalue weighted by Gasteiger charge is -2.08. The molecule has 76 valence electrons. The number of nitrogens with two attached hydrogens (primary N) is 1. The van der Waals surface area contributed by atoms with E-state index in [0.29, 0.717) is 11.5 Å². The van der Waals surface area contributed by atoms with Crippen molar-refractivity contribution in [3.8, 4) is 5.75 Å². The number of hydrogen-bond donors (Lipinski definition) is 2. The summed E-state index contributed by atoms with van der Waals surface area (Å²) in [4.78, 5) is 10.7. The number of carbonyl (C=O) groups is 1. The van der Waals surface area contributed by atoms with Crippen LogP contribution in [0.4, 0.5) is 0 Å². The van der Waals surface area contributed by atoms with Gasteiger partial charge in [0.1, 0.15) is 5.75 Å². The predicted octanol–water partition coefficient (Wildman–Crippen LogP) is 1.54. The number of aromatic hydroxyl groups is 1. The lowest BCUT2D eigenvalue weighted by molar-refractivity contribution is -0.117. The molecule has 0 bridgehead atoms. The van der Waals surface area contributed by atoms with Crippen LogP contribution in [0, 0.1) is 0 Å². The van der Waals surface area contributed by atoms with Crippen LogP contribution in [0.2, 0.25) is 0 Å². The van der Waals surface area contributed by atoms with Crippen molar-refractivity contribution in [2.45, 2.75) is 26.2 Å². The van der Waals surface area contributed by atoms with Crippen LogP contribution >= 0.6 is 0 Å². The van der Waals surface area contributed by atoms with Gasteiger partial charge in [-0.2, -0.15) is 0 Å². The van der Waals surface area contributed by atoms with Gasteiger partial charge in [0.05, 0.1) is 6.42 Å². The van der Waals surface area contributed by atoms with Crippen molar-refractivity contribution < 1.29 is 9.90 Å². The van der Waals surface area contributed by atoms with E-state index in [1.807, 2.05) is 12.1 Å². The molecule has 1 rings (SSSR count). The lowest BCUT2D eigenvalue weighted by atomic mass is 9.99. The molecule has 0 radical (unpaired) electrons. The first-order chi connectivity index (χ1) is 6.50. The van der Waals surface area contributed by atoms with E-state index < -0.39 is 5.91 Å². The van der Waals surface area contributed by atoms with Crippen LogP contribution in [-0.4, -0.2) is 11.0 Å². The zero-order chi connectivity index (χ0) is 10.7. The van der Waals surface area contributed by atoms with Crippen molar-refractivity contribution in [1.82, 2.24) is 0 Å². The van der Waals surface area contributed by atoms with Gasteiger partial charge in [-0.25, -0.2) is 0 Å². The summed E-state index contributed by atoms with van der Waals surface area (Å²) < 4.78 is 0. The molecule has 0 saturated heterocycles. The van der Waals surface area contributed by atoms with Crippen molar-refractivity contribution in [3.05, 3.63) is 29.3 Å². The Kier molecular flexibility index (Phi) is 3.12. The average Bonchev–Trinajstić information content (AvgIpc) is 2.07. The summed E-state index contributed by atoms with van der Waals surface area (Å²) in [5.74, 6) is 0.0802. The molecule has 0 atom stereocenters. The molecule has 0 aliphatic rings. The van der Waals surface area contributed by atoms with Crippen LogP contribution in [0.1, 0.15) is 30.9 Å². The first-order valence-electron chi connectivity index (χ1n) is 4.60. The standard InChI is InChI=1S/C11H15NO2/c1-7(2)8-3-4-10(13)9(5-8)6-11(12)14/h3-5,7,13H,6H2,1-2H3,(H2,12,14). The fourth-order valence-corrected chi connectivity index (χ4v) is 1.29. The molecule has 1 aromatic carbocycles. The van der Waals surface area contributed by atoms with E-state index in [1.54, 1.807) is 6.07 Å². The summed E-state index contributed by atoms with van der Waals surface area (Å²) in [6.07, 6.45) is 0.0897. The second-order valence-corrected chi connectivity index (χ2v) is 3.69. The minimum Gasteiger partial charge on any atom is -0.508 e. The first kappa shape index (κ1) is 10.6. The Bertz CT molecular complexity index is 345. The molecule has 1 amide bonds. The maximum atomic E-state index is 10.7. The molecule has 1 aromatic rings. The highest BCUT2D eigenvalue weighted by molar-refractivity contribution is 5.77. The van der Waals surface area contributed by atoms with E-state index in [1.165, 1.54) is 0 Å². The smallest absolute Gasteiger partial charge is 0.221 e. The molecule has 0 saturated carbocycles. The second-order valence-electron chi connectivity index (χ2n) is 3.69. The first-order valence-corrected chi connectivity index (χ1v) is 4.60. The van der Waals surface area contributed by atoms with Crippen LogP contribution in [-0.2, 0) is 11.2 Å². The van der Waals surface area contributed by atoms with Crippen molar-refractivity contribution in [2.75, 3.05) is 0 Å². The normalized spacial score (nSPS) is 10.5. The van der Waals surface area contributed by atoms with Gasteiger partial charge in [0.25, 0.3) is 0 Å². The van der Waals surface area contributed by atoms with Crippen LogP contribution in [0.5, 0.6) is 5.75 Å². The van der Waals surface area contributed by atoms with Crippen molar-refractivity contribution in [1.29, 1.82) is 0 Å². The predicted molar refractivity (Wildman–Crippen MR) is 55.1 cm³/mol. The largest absolute Gasteiger partial charge is 0.508 e. The zero-order valence-corrected chi connectivity index (χ0v) is 8.45. The highest BCUT2D eigenvalue weighted by atomic mass is 16.3. The van der Waals surface area contributed by atoms with Crippen LogP contribution < -0.4 is 5.73 Å². The Balaban J connectivity index is 3.02. The summed E-state index contributed by atoms with van der Waals surface area (Å²) in [5.41, 5.74) is 6.77. The zero-order valence-electron chi connectivity index (χ0n) is 8.45. The quantitative estimate of drug-likeness (QED) is 0.764. The Morgan fingerprint density at radius 3 is 2.64 bits per heavy atom. The number of carbonyl (C=O) groups excluding carboxylic acids is 1. The summed E-state index contributed by atoms with van der Waals surface area (Å²) in [6.45, 7) is 4.11. The molecule has 3 nitrogen and oxygen atoms in total. The van der Waals surface area contributed by atoms with Gasteiger partial charge in [-0.1, -0.05) is 26.0 Å². The molecule has 0 unspecified atom stereocenters. The average molecular weight is 193 g/mol. The highest BCUT2D eigenvalue weighted by Crippen LogP contribution is 2.23. The number of phenols is 1. The molecule has 3 heteroatoms. The van der Waals surface area contributed by atoms with E-state index in [4.69, 9.17) is 5.73 Å². The molecule has 3 N–H and O–H groups in total. The second kappa shape index (κ2) is 4.13. The molecule has 14 heavy (non-hydrogen) atoms. The van der Waals surface area contributed by atoms with Crippen LogP contribution in [0.15, 0.2) is 18.2 Å². The molecular weight excluding hydrogens is 178 g/mol. The van der Waals surface area contributed by atoms with E-state index >= 15 is 0 Å². The summed E-state index contributed by atoms with van der Waals surface area (Å²) >= 11 is 0. The Labute approximate surface area is 83.6 Å². The van der Waals surface area contributed by atoms with Gasteiger partial charge in [0, 0.05) is 5.56 Å². The molecule has 0 heterocycles. The van der Waals surface area contributed by atoms with Crippen LogP contribution in [0.25, 0.3) is 0 Å². The third-order valence-corrected chi connectivity index (χ3v) is 2.13.